The van der Waals surface area contributed by atoms with Crippen LogP contribution in [-0.2, 0) is 14.4 Å². The molecule has 122 valence electrons. The smallest absolute Gasteiger partial charge is 0.324 e. The van der Waals surface area contributed by atoms with E-state index < -0.39 is 36.1 Å². The standard InChI is InChI=1S/C14H13ClFN3O4/c1-2-5-18-12(21)13(22)19(14(18)23)7-11(20)17-8-3-4-10(16)9(15)6-8/h3-4,6H,2,5,7H2,1H3,(H,17,20). The number of hydrogen-bond donors (Lipinski definition) is 1. The van der Waals surface area contributed by atoms with Crippen LogP contribution in [0, 0.1) is 5.82 Å². The van der Waals surface area contributed by atoms with Crippen LogP contribution in [0.15, 0.2) is 18.2 Å². The average Bonchev–Trinajstić information content (AvgIpc) is 2.69. The molecule has 2 rings (SSSR count). The molecule has 0 aromatic heterocycles. The third-order valence-corrected chi connectivity index (χ3v) is 3.38. The van der Waals surface area contributed by atoms with E-state index in [1.165, 1.54) is 12.1 Å². The number of anilines is 1. The van der Waals surface area contributed by atoms with Crippen LogP contribution in [0.25, 0.3) is 0 Å². The first-order valence-electron chi connectivity index (χ1n) is 6.77. The molecule has 0 spiro atoms. The number of nitrogens with one attached hydrogen (secondary N) is 1. The van der Waals surface area contributed by atoms with Crippen molar-refractivity contribution in [1.29, 1.82) is 0 Å². The van der Waals surface area contributed by atoms with Crippen molar-refractivity contribution in [2.45, 2.75) is 13.3 Å². The Hall–Kier alpha value is -2.48. The SMILES string of the molecule is CCCN1C(=O)C(=O)N(CC(=O)Nc2ccc(F)c(Cl)c2)C1=O. The third-order valence-electron chi connectivity index (χ3n) is 3.09. The molecule has 5 amide bonds. The van der Waals surface area contributed by atoms with Gasteiger partial charge in [0.2, 0.25) is 5.91 Å². The molecular formula is C14H13ClFN3O4. The first-order valence-corrected chi connectivity index (χ1v) is 7.15. The molecule has 1 saturated heterocycles. The monoisotopic (exact) mass is 341 g/mol. The molecular weight excluding hydrogens is 329 g/mol. The fraction of sp³-hybridized carbons (Fsp3) is 0.286. The second-order valence-electron chi connectivity index (χ2n) is 4.81. The summed E-state index contributed by atoms with van der Waals surface area (Å²) in [4.78, 5) is 48.6. The van der Waals surface area contributed by atoms with Crippen molar-refractivity contribution in [2.75, 3.05) is 18.4 Å². The van der Waals surface area contributed by atoms with E-state index in [2.05, 4.69) is 5.32 Å². The lowest BCUT2D eigenvalue weighted by atomic mass is 10.3. The fourth-order valence-corrected chi connectivity index (χ4v) is 2.21. The largest absolute Gasteiger partial charge is 0.334 e. The third kappa shape index (κ3) is 3.48. The van der Waals surface area contributed by atoms with E-state index in [0.717, 1.165) is 11.0 Å². The summed E-state index contributed by atoms with van der Waals surface area (Å²) >= 11 is 5.59. The Morgan fingerprint density at radius 2 is 1.87 bits per heavy atom. The number of urea groups is 1. The lowest BCUT2D eigenvalue weighted by Gasteiger charge is -2.14. The quantitative estimate of drug-likeness (QED) is 0.651. The number of hydrogen-bond acceptors (Lipinski definition) is 4. The number of carbonyl (C=O) groups is 4. The molecule has 1 aromatic carbocycles. The van der Waals surface area contributed by atoms with Crippen LogP contribution in [0.4, 0.5) is 14.9 Å². The van der Waals surface area contributed by atoms with Crippen LogP contribution >= 0.6 is 11.6 Å². The predicted octanol–water partition coefficient (Wildman–Crippen LogP) is 1.62. The second kappa shape index (κ2) is 6.74. The number of imide groups is 2. The molecule has 1 fully saturated rings. The number of nitrogens with zero attached hydrogens (tertiary/aromatic N) is 2. The molecule has 0 aliphatic carbocycles. The van der Waals surface area contributed by atoms with Gasteiger partial charge in [0.15, 0.2) is 0 Å². The van der Waals surface area contributed by atoms with Crippen molar-refractivity contribution >= 4 is 41.0 Å². The molecule has 0 unspecified atom stereocenters. The summed E-state index contributed by atoms with van der Waals surface area (Å²) in [6.45, 7) is 1.24. The van der Waals surface area contributed by atoms with E-state index in [1.807, 2.05) is 0 Å². The van der Waals surface area contributed by atoms with Crippen molar-refractivity contribution < 1.29 is 23.6 Å². The molecule has 7 nitrogen and oxygen atoms in total. The number of amides is 5. The van der Waals surface area contributed by atoms with Gasteiger partial charge in [-0.15, -0.1) is 0 Å². The van der Waals surface area contributed by atoms with Gasteiger partial charge in [0, 0.05) is 12.2 Å². The van der Waals surface area contributed by atoms with Gasteiger partial charge in [0.05, 0.1) is 5.02 Å². The molecule has 0 saturated carbocycles. The Labute approximate surface area is 136 Å². The Bertz CT molecular complexity index is 695. The summed E-state index contributed by atoms with van der Waals surface area (Å²) in [6, 6.07) is 2.71. The lowest BCUT2D eigenvalue weighted by Crippen LogP contribution is -2.39. The highest BCUT2D eigenvalue weighted by Crippen LogP contribution is 2.19. The highest BCUT2D eigenvalue weighted by atomic mass is 35.5. The normalized spacial score (nSPS) is 14.7. The van der Waals surface area contributed by atoms with Crippen LogP contribution in [-0.4, -0.2) is 46.6 Å². The van der Waals surface area contributed by atoms with Gasteiger partial charge in [-0.2, -0.15) is 0 Å². The van der Waals surface area contributed by atoms with Gasteiger partial charge in [-0.05, 0) is 24.6 Å². The highest BCUT2D eigenvalue weighted by molar-refractivity contribution is 6.45. The minimum atomic E-state index is -1.05. The first-order chi connectivity index (χ1) is 10.8. The first kappa shape index (κ1) is 16.9. The molecule has 1 N–H and O–H groups in total. The van der Waals surface area contributed by atoms with Gasteiger partial charge in [-0.25, -0.2) is 14.1 Å². The second-order valence-corrected chi connectivity index (χ2v) is 5.21. The Morgan fingerprint density at radius 1 is 1.22 bits per heavy atom. The molecule has 9 heteroatoms. The van der Waals surface area contributed by atoms with E-state index in [1.54, 1.807) is 6.92 Å². The Kier molecular flexibility index (Phi) is 4.95. The van der Waals surface area contributed by atoms with Crippen molar-refractivity contribution in [3.63, 3.8) is 0 Å². The van der Waals surface area contributed by atoms with Crippen LogP contribution in [0.1, 0.15) is 13.3 Å². The Morgan fingerprint density at radius 3 is 2.48 bits per heavy atom. The van der Waals surface area contributed by atoms with Crippen LogP contribution in [0.3, 0.4) is 0 Å². The molecule has 0 radical (unpaired) electrons. The van der Waals surface area contributed by atoms with Gasteiger partial charge in [0.25, 0.3) is 0 Å². The zero-order valence-electron chi connectivity index (χ0n) is 12.1. The molecule has 0 atom stereocenters. The maximum atomic E-state index is 13.0. The van der Waals surface area contributed by atoms with Crippen LogP contribution in [0.2, 0.25) is 5.02 Å². The van der Waals surface area contributed by atoms with Gasteiger partial charge >= 0.3 is 17.8 Å². The molecule has 1 heterocycles. The van der Waals surface area contributed by atoms with Crippen LogP contribution < -0.4 is 5.32 Å². The van der Waals surface area contributed by atoms with Crippen molar-refractivity contribution in [3.05, 3.63) is 29.0 Å². The van der Waals surface area contributed by atoms with Gasteiger partial charge in [0.1, 0.15) is 12.4 Å². The minimum Gasteiger partial charge on any atom is -0.324 e. The summed E-state index contributed by atoms with van der Waals surface area (Å²) in [6.07, 6.45) is 0.499. The molecule has 1 aliphatic heterocycles. The minimum absolute atomic E-state index is 0.106. The number of benzene rings is 1. The summed E-state index contributed by atoms with van der Waals surface area (Å²) in [5.74, 6) is -3.35. The summed E-state index contributed by atoms with van der Waals surface area (Å²) in [5.41, 5.74) is 0.206. The zero-order valence-corrected chi connectivity index (χ0v) is 12.9. The van der Waals surface area contributed by atoms with Gasteiger partial charge in [-0.1, -0.05) is 18.5 Å². The van der Waals surface area contributed by atoms with Crippen LogP contribution in [0.5, 0.6) is 0 Å². The summed E-state index contributed by atoms with van der Waals surface area (Å²) in [7, 11) is 0. The topological polar surface area (TPSA) is 86.8 Å². The summed E-state index contributed by atoms with van der Waals surface area (Å²) in [5, 5.41) is 2.19. The summed E-state index contributed by atoms with van der Waals surface area (Å²) < 4.78 is 13.0. The Balaban J connectivity index is 2.05. The van der Waals surface area contributed by atoms with Crippen molar-refractivity contribution in [2.24, 2.45) is 0 Å². The van der Waals surface area contributed by atoms with Gasteiger partial charge < -0.3 is 5.32 Å². The van der Waals surface area contributed by atoms with E-state index in [-0.39, 0.29) is 17.3 Å². The number of rotatable bonds is 5. The number of carbonyl (C=O) groups excluding carboxylic acids is 4. The maximum absolute atomic E-state index is 13.0. The molecule has 0 bridgehead atoms. The lowest BCUT2D eigenvalue weighted by molar-refractivity contribution is -0.143. The highest BCUT2D eigenvalue weighted by Gasteiger charge is 2.44. The van der Waals surface area contributed by atoms with E-state index in [0.29, 0.717) is 11.3 Å². The van der Waals surface area contributed by atoms with E-state index in [9.17, 15) is 23.6 Å². The van der Waals surface area contributed by atoms with E-state index in [4.69, 9.17) is 11.6 Å². The fourth-order valence-electron chi connectivity index (χ4n) is 2.03. The van der Waals surface area contributed by atoms with Crippen molar-refractivity contribution in [3.8, 4) is 0 Å². The average molecular weight is 342 g/mol. The zero-order chi connectivity index (χ0) is 17.1. The number of halogens is 2. The molecule has 1 aliphatic rings. The van der Waals surface area contributed by atoms with E-state index >= 15 is 0 Å². The van der Waals surface area contributed by atoms with Gasteiger partial charge in [-0.3, -0.25) is 19.3 Å². The molecule has 23 heavy (non-hydrogen) atoms. The van der Waals surface area contributed by atoms with Crippen molar-refractivity contribution in [1.82, 2.24) is 9.80 Å². The predicted molar refractivity (Wildman–Crippen MR) is 79.2 cm³/mol. The maximum Gasteiger partial charge on any atom is 0.334 e. The molecule has 1 aromatic rings.